The number of alkyl halides is 3. The van der Waals surface area contributed by atoms with Gasteiger partial charge >= 0.3 is 6.18 Å². The number of rotatable bonds is 3. The molecule has 2 aromatic carbocycles. The highest BCUT2D eigenvalue weighted by atomic mass is 19.4. The minimum atomic E-state index is -4.51. The van der Waals surface area contributed by atoms with Gasteiger partial charge in [-0.2, -0.15) is 18.3 Å². The summed E-state index contributed by atoms with van der Waals surface area (Å²) in [4.78, 5) is 12.4. The Labute approximate surface area is 150 Å². The summed E-state index contributed by atoms with van der Waals surface area (Å²) in [7, 11) is 0. The van der Waals surface area contributed by atoms with Gasteiger partial charge in [-0.1, -0.05) is 6.07 Å². The van der Waals surface area contributed by atoms with Crippen molar-refractivity contribution in [3.63, 3.8) is 0 Å². The summed E-state index contributed by atoms with van der Waals surface area (Å²) >= 11 is 0. The van der Waals surface area contributed by atoms with Crippen LogP contribution in [0.4, 0.5) is 23.2 Å². The molecule has 3 aromatic rings. The van der Waals surface area contributed by atoms with Gasteiger partial charge in [0.25, 0.3) is 5.91 Å². The lowest BCUT2D eigenvalue weighted by Gasteiger charge is -2.10. The Morgan fingerprint density at radius 2 is 1.93 bits per heavy atom. The van der Waals surface area contributed by atoms with E-state index in [1.54, 1.807) is 0 Å². The zero-order chi connectivity index (χ0) is 19.8. The highest BCUT2D eigenvalue weighted by Crippen LogP contribution is 2.31. The number of anilines is 1. The molecule has 0 radical (unpaired) electrons. The van der Waals surface area contributed by atoms with Gasteiger partial charge in [-0.25, -0.2) is 9.07 Å². The molecule has 0 atom stereocenters. The van der Waals surface area contributed by atoms with Gasteiger partial charge in [0, 0.05) is 6.07 Å². The van der Waals surface area contributed by atoms with Crippen molar-refractivity contribution in [2.45, 2.75) is 13.1 Å². The van der Waals surface area contributed by atoms with Crippen LogP contribution < -0.4 is 5.32 Å². The minimum Gasteiger partial charge on any atom is -0.506 e. The third-order valence-corrected chi connectivity index (χ3v) is 3.88. The summed E-state index contributed by atoms with van der Waals surface area (Å²) in [6, 6.07) is 7.58. The fourth-order valence-corrected chi connectivity index (χ4v) is 2.50. The van der Waals surface area contributed by atoms with E-state index in [9.17, 15) is 27.5 Å². The van der Waals surface area contributed by atoms with Crippen LogP contribution in [0.25, 0.3) is 5.69 Å². The van der Waals surface area contributed by atoms with E-state index in [0.29, 0.717) is 0 Å². The SMILES string of the molecule is Cc1c(C(=O)Nc2cc(F)ccc2O)cnn1-c1cccc(C(F)(F)F)c1. The van der Waals surface area contributed by atoms with Crippen molar-refractivity contribution in [1.82, 2.24) is 9.78 Å². The Morgan fingerprint density at radius 3 is 2.63 bits per heavy atom. The normalized spacial score (nSPS) is 11.4. The van der Waals surface area contributed by atoms with Crippen LogP contribution in [-0.4, -0.2) is 20.8 Å². The van der Waals surface area contributed by atoms with Gasteiger partial charge in [-0.05, 0) is 37.3 Å². The van der Waals surface area contributed by atoms with Crippen molar-refractivity contribution in [1.29, 1.82) is 0 Å². The smallest absolute Gasteiger partial charge is 0.416 e. The number of phenolic OH excluding ortho intramolecular Hbond substituents is 1. The maximum Gasteiger partial charge on any atom is 0.416 e. The van der Waals surface area contributed by atoms with Crippen LogP contribution in [0.1, 0.15) is 21.6 Å². The van der Waals surface area contributed by atoms with Crippen LogP contribution in [0.15, 0.2) is 48.7 Å². The summed E-state index contributed by atoms with van der Waals surface area (Å²) in [5.41, 5.74) is -0.495. The first-order valence-corrected chi connectivity index (χ1v) is 7.69. The highest BCUT2D eigenvalue weighted by Gasteiger charge is 2.30. The first-order chi connectivity index (χ1) is 12.7. The average Bonchev–Trinajstić information content (AvgIpc) is 2.99. The number of nitrogens with one attached hydrogen (secondary N) is 1. The zero-order valence-electron chi connectivity index (χ0n) is 13.9. The summed E-state index contributed by atoms with van der Waals surface area (Å²) in [6.45, 7) is 1.51. The Balaban J connectivity index is 1.91. The van der Waals surface area contributed by atoms with Crippen molar-refractivity contribution < 1.29 is 27.5 Å². The number of hydrogen-bond acceptors (Lipinski definition) is 3. The number of carbonyl (C=O) groups is 1. The molecule has 0 spiro atoms. The molecular formula is C18H13F4N3O2. The zero-order valence-corrected chi connectivity index (χ0v) is 13.9. The van der Waals surface area contributed by atoms with Crippen molar-refractivity contribution in [3.8, 4) is 11.4 Å². The molecule has 1 aromatic heterocycles. The van der Waals surface area contributed by atoms with Gasteiger partial charge < -0.3 is 10.4 Å². The van der Waals surface area contributed by atoms with Crippen LogP contribution in [-0.2, 0) is 6.18 Å². The number of amides is 1. The van der Waals surface area contributed by atoms with Crippen LogP contribution in [0.5, 0.6) is 5.75 Å². The number of nitrogens with zero attached hydrogens (tertiary/aromatic N) is 2. The van der Waals surface area contributed by atoms with Gasteiger partial charge in [0.05, 0.1) is 34.4 Å². The Hall–Kier alpha value is -3.36. The number of hydrogen-bond donors (Lipinski definition) is 2. The van der Waals surface area contributed by atoms with E-state index >= 15 is 0 Å². The lowest BCUT2D eigenvalue weighted by atomic mass is 10.2. The van der Waals surface area contributed by atoms with Crippen molar-refractivity contribution >= 4 is 11.6 Å². The number of carbonyl (C=O) groups excluding carboxylic acids is 1. The molecule has 27 heavy (non-hydrogen) atoms. The van der Waals surface area contributed by atoms with E-state index in [1.807, 2.05) is 0 Å². The molecule has 0 bridgehead atoms. The van der Waals surface area contributed by atoms with E-state index in [-0.39, 0.29) is 28.4 Å². The molecule has 140 valence electrons. The second kappa shape index (κ2) is 6.75. The molecule has 0 aliphatic carbocycles. The number of benzene rings is 2. The number of phenols is 1. The number of aromatic nitrogens is 2. The standard InChI is InChI=1S/C18H13F4N3O2/c1-10-14(17(27)24-15-8-12(19)5-6-16(15)26)9-23-25(10)13-4-2-3-11(7-13)18(20,21)22/h2-9,26H,1H3,(H,24,27). The molecule has 1 amide bonds. The van der Waals surface area contributed by atoms with E-state index < -0.39 is 23.5 Å². The fourth-order valence-electron chi connectivity index (χ4n) is 2.50. The first-order valence-electron chi connectivity index (χ1n) is 7.69. The maximum absolute atomic E-state index is 13.3. The van der Waals surface area contributed by atoms with Gasteiger partial charge in [0.2, 0.25) is 0 Å². The third-order valence-electron chi connectivity index (χ3n) is 3.88. The molecule has 0 aliphatic rings. The molecule has 0 saturated heterocycles. The van der Waals surface area contributed by atoms with E-state index in [0.717, 1.165) is 30.3 Å². The van der Waals surface area contributed by atoms with Gasteiger partial charge in [-0.3, -0.25) is 4.79 Å². The van der Waals surface area contributed by atoms with Gasteiger partial charge in [0.1, 0.15) is 11.6 Å². The Kier molecular flexibility index (Phi) is 4.61. The second-order valence-corrected chi connectivity index (χ2v) is 5.72. The highest BCUT2D eigenvalue weighted by molar-refractivity contribution is 6.05. The molecule has 1 heterocycles. The van der Waals surface area contributed by atoms with Gasteiger partial charge in [-0.15, -0.1) is 0 Å². The summed E-state index contributed by atoms with van der Waals surface area (Å²) < 4.78 is 53.1. The average molecular weight is 379 g/mol. The monoisotopic (exact) mass is 379 g/mol. The molecule has 5 nitrogen and oxygen atoms in total. The summed E-state index contributed by atoms with van der Waals surface area (Å²) in [6.07, 6.45) is -3.33. The van der Waals surface area contributed by atoms with Crippen molar-refractivity contribution in [2.24, 2.45) is 0 Å². The molecule has 0 saturated carbocycles. The Morgan fingerprint density at radius 1 is 1.19 bits per heavy atom. The fraction of sp³-hybridized carbons (Fsp3) is 0.111. The summed E-state index contributed by atoms with van der Waals surface area (Å²) in [5.74, 6) is -1.67. The van der Waals surface area contributed by atoms with Crippen LogP contribution in [0.2, 0.25) is 0 Å². The topological polar surface area (TPSA) is 67.2 Å². The third kappa shape index (κ3) is 3.76. The number of halogens is 4. The van der Waals surface area contributed by atoms with Crippen LogP contribution >= 0.6 is 0 Å². The molecule has 0 aliphatic heterocycles. The van der Waals surface area contributed by atoms with Gasteiger partial charge in [0.15, 0.2) is 0 Å². The molecule has 9 heteroatoms. The lowest BCUT2D eigenvalue weighted by Crippen LogP contribution is -2.13. The molecule has 0 fully saturated rings. The van der Waals surface area contributed by atoms with Crippen molar-refractivity contribution in [2.75, 3.05) is 5.32 Å². The van der Waals surface area contributed by atoms with E-state index in [1.165, 1.54) is 29.9 Å². The quantitative estimate of drug-likeness (QED) is 0.527. The largest absolute Gasteiger partial charge is 0.506 e. The predicted molar refractivity (Wildman–Crippen MR) is 89.3 cm³/mol. The van der Waals surface area contributed by atoms with E-state index in [2.05, 4.69) is 10.4 Å². The molecule has 3 rings (SSSR count). The lowest BCUT2D eigenvalue weighted by molar-refractivity contribution is -0.137. The molecule has 2 N–H and O–H groups in total. The van der Waals surface area contributed by atoms with E-state index in [4.69, 9.17) is 0 Å². The first kappa shape index (κ1) is 18.4. The summed E-state index contributed by atoms with van der Waals surface area (Å²) in [5, 5.41) is 16.0. The predicted octanol–water partition coefficient (Wildman–Crippen LogP) is 4.30. The molecular weight excluding hydrogens is 366 g/mol. The van der Waals surface area contributed by atoms with Crippen LogP contribution in [0.3, 0.4) is 0 Å². The molecule has 0 unspecified atom stereocenters. The minimum absolute atomic E-state index is 0.0658. The number of aromatic hydroxyl groups is 1. The second-order valence-electron chi connectivity index (χ2n) is 5.72. The maximum atomic E-state index is 13.3. The Bertz CT molecular complexity index is 1010. The van der Waals surface area contributed by atoms with Crippen molar-refractivity contribution in [3.05, 3.63) is 71.3 Å². The van der Waals surface area contributed by atoms with Crippen LogP contribution in [0, 0.1) is 12.7 Å².